The van der Waals surface area contributed by atoms with Crippen LogP contribution in [0.3, 0.4) is 0 Å². The van der Waals surface area contributed by atoms with Gasteiger partial charge < -0.3 is 4.74 Å². The Bertz CT molecular complexity index is 513. The molecule has 2 aromatic carbocycles. The zero-order chi connectivity index (χ0) is 12.3. The van der Waals surface area contributed by atoms with Crippen molar-refractivity contribution in [1.82, 2.24) is 0 Å². The lowest BCUT2D eigenvalue weighted by Crippen LogP contribution is -1.97. The molecule has 0 aliphatic heterocycles. The smallest absolute Gasteiger partial charge is 0.165 e. The molecule has 0 saturated carbocycles. The summed E-state index contributed by atoms with van der Waals surface area (Å²) in [7, 11) is 0. The highest BCUT2D eigenvalue weighted by molar-refractivity contribution is 14.1. The minimum Gasteiger partial charge on any atom is -0.486 e. The van der Waals surface area contributed by atoms with Crippen molar-refractivity contribution >= 4 is 38.5 Å². The Kier molecular flexibility index (Phi) is 4.39. The van der Waals surface area contributed by atoms with Gasteiger partial charge in [-0.1, -0.05) is 28.1 Å². The van der Waals surface area contributed by atoms with Gasteiger partial charge in [-0.25, -0.2) is 4.39 Å². The van der Waals surface area contributed by atoms with E-state index in [1.807, 2.05) is 24.3 Å². The molecule has 88 valence electrons. The summed E-state index contributed by atoms with van der Waals surface area (Å²) in [6.45, 7) is 0.365. The Balaban J connectivity index is 2.07. The Labute approximate surface area is 121 Å². The van der Waals surface area contributed by atoms with Crippen LogP contribution in [0.1, 0.15) is 5.56 Å². The lowest BCUT2D eigenvalue weighted by Gasteiger charge is -2.07. The van der Waals surface area contributed by atoms with E-state index in [-0.39, 0.29) is 11.6 Å². The van der Waals surface area contributed by atoms with Gasteiger partial charge in [-0.3, -0.25) is 0 Å². The molecule has 0 unspecified atom stereocenters. The van der Waals surface area contributed by atoms with Gasteiger partial charge in [0.1, 0.15) is 6.61 Å². The number of rotatable bonds is 3. The van der Waals surface area contributed by atoms with E-state index in [4.69, 9.17) is 4.74 Å². The van der Waals surface area contributed by atoms with Crippen molar-refractivity contribution in [3.63, 3.8) is 0 Å². The fourth-order valence-electron chi connectivity index (χ4n) is 1.33. The van der Waals surface area contributed by atoms with Crippen LogP contribution in [0.5, 0.6) is 5.75 Å². The van der Waals surface area contributed by atoms with E-state index in [2.05, 4.69) is 38.5 Å². The van der Waals surface area contributed by atoms with Gasteiger partial charge >= 0.3 is 0 Å². The highest BCUT2D eigenvalue weighted by Gasteiger charge is 2.04. The van der Waals surface area contributed by atoms with Crippen molar-refractivity contribution in [2.75, 3.05) is 0 Å². The summed E-state index contributed by atoms with van der Waals surface area (Å²) in [6.07, 6.45) is 0. The Morgan fingerprint density at radius 2 is 1.82 bits per heavy atom. The van der Waals surface area contributed by atoms with Crippen LogP contribution in [0.2, 0.25) is 0 Å². The van der Waals surface area contributed by atoms with Crippen molar-refractivity contribution in [3.8, 4) is 5.75 Å². The molecule has 0 fully saturated rings. The standard InChI is InChI=1S/C13H9BrFIO/c14-10-3-6-12(15)13(7-10)17-8-9-1-4-11(16)5-2-9/h1-7H,8H2. The van der Waals surface area contributed by atoms with Crippen LogP contribution in [0.25, 0.3) is 0 Å². The van der Waals surface area contributed by atoms with Crippen molar-refractivity contribution in [2.24, 2.45) is 0 Å². The van der Waals surface area contributed by atoms with Crippen LogP contribution in [0.4, 0.5) is 4.39 Å². The fourth-order valence-corrected chi connectivity index (χ4v) is 2.03. The summed E-state index contributed by atoms with van der Waals surface area (Å²) in [5, 5.41) is 0. The molecular weight excluding hydrogens is 398 g/mol. The first-order valence-corrected chi connectivity index (χ1v) is 6.84. The summed E-state index contributed by atoms with van der Waals surface area (Å²) in [4.78, 5) is 0. The number of halogens is 3. The average Bonchev–Trinajstić information content (AvgIpc) is 2.32. The quantitative estimate of drug-likeness (QED) is 0.667. The van der Waals surface area contributed by atoms with Crippen LogP contribution in [-0.4, -0.2) is 0 Å². The minimum absolute atomic E-state index is 0.262. The predicted octanol–water partition coefficient (Wildman–Crippen LogP) is 4.77. The van der Waals surface area contributed by atoms with E-state index >= 15 is 0 Å². The van der Waals surface area contributed by atoms with Crippen molar-refractivity contribution in [2.45, 2.75) is 6.61 Å². The molecule has 0 aliphatic carbocycles. The molecule has 0 amide bonds. The Morgan fingerprint density at radius 1 is 1.12 bits per heavy atom. The second-order valence-corrected chi connectivity index (χ2v) is 5.65. The van der Waals surface area contributed by atoms with Crippen molar-refractivity contribution in [1.29, 1.82) is 0 Å². The highest BCUT2D eigenvalue weighted by atomic mass is 127. The largest absolute Gasteiger partial charge is 0.486 e. The van der Waals surface area contributed by atoms with Gasteiger partial charge in [-0.05, 0) is 58.5 Å². The van der Waals surface area contributed by atoms with Gasteiger partial charge in [0.05, 0.1) is 0 Å². The lowest BCUT2D eigenvalue weighted by atomic mass is 10.2. The summed E-state index contributed by atoms with van der Waals surface area (Å²) < 4.78 is 20.8. The molecular formula is C13H9BrFIO. The third-order valence-electron chi connectivity index (χ3n) is 2.20. The minimum atomic E-state index is -0.348. The molecule has 0 atom stereocenters. The van der Waals surface area contributed by atoms with Gasteiger partial charge in [0.15, 0.2) is 11.6 Å². The number of hydrogen-bond donors (Lipinski definition) is 0. The molecule has 0 N–H and O–H groups in total. The number of benzene rings is 2. The lowest BCUT2D eigenvalue weighted by molar-refractivity contribution is 0.290. The van der Waals surface area contributed by atoms with Crippen LogP contribution >= 0.6 is 38.5 Å². The average molecular weight is 407 g/mol. The molecule has 2 aromatic rings. The molecule has 2 rings (SSSR count). The zero-order valence-electron chi connectivity index (χ0n) is 8.79. The monoisotopic (exact) mass is 406 g/mol. The van der Waals surface area contributed by atoms with E-state index in [0.717, 1.165) is 10.0 Å². The molecule has 1 nitrogen and oxygen atoms in total. The van der Waals surface area contributed by atoms with Gasteiger partial charge in [0.25, 0.3) is 0 Å². The van der Waals surface area contributed by atoms with Crippen LogP contribution in [0, 0.1) is 9.39 Å². The first-order chi connectivity index (χ1) is 8.15. The summed E-state index contributed by atoms with van der Waals surface area (Å²) in [5.74, 6) is -0.0864. The Hall–Kier alpha value is -0.620. The van der Waals surface area contributed by atoms with Crippen LogP contribution in [0.15, 0.2) is 46.9 Å². The normalized spacial score (nSPS) is 10.3. The summed E-state index contributed by atoms with van der Waals surface area (Å²) >= 11 is 5.52. The predicted molar refractivity (Wildman–Crippen MR) is 77.6 cm³/mol. The van der Waals surface area contributed by atoms with Gasteiger partial charge in [0, 0.05) is 8.04 Å². The molecule has 0 aliphatic rings. The Morgan fingerprint density at radius 3 is 2.53 bits per heavy atom. The van der Waals surface area contributed by atoms with Crippen molar-refractivity contribution < 1.29 is 9.13 Å². The van der Waals surface area contributed by atoms with Crippen LogP contribution < -0.4 is 4.74 Å². The van der Waals surface area contributed by atoms with Gasteiger partial charge in [0.2, 0.25) is 0 Å². The first-order valence-electron chi connectivity index (χ1n) is 4.97. The number of ether oxygens (including phenoxy) is 1. The third kappa shape index (κ3) is 3.67. The summed E-state index contributed by atoms with van der Waals surface area (Å²) in [5.41, 5.74) is 1.02. The van der Waals surface area contributed by atoms with Crippen LogP contribution in [-0.2, 0) is 6.61 Å². The maximum atomic E-state index is 13.4. The second-order valence-electron chi connectivity index (χ2n) is 3.49. The fraction of sp³-hybridized carbons (Fsp3) is 0.0769. The van der Waals surface area contributed by atoms with E-state index in [1.165, 1.54) is 9.64 Å². The molecule has 0 spiro atoms. The molecule has 0 saturated heterocycles. The third-order valence-corrected chi connectivity index (χ3v) is 3.41. The maximum absolute atomic E-state index is 13.4. The number of hydrogen-bond acceptors (Lipinski definition) is 1. The van der Waals surface area contributed by atoms with E-state index in [0.29, 0.717) is 6.61 Å². The highest BCUT2D eigenvalue weighted by Crippen LogP contribution is 2.23. The first kappa shape index (κ1) is 12.8. The van der Waals surface area contributed by atoms with Gasteiger partial charge in [-0.15, -0.1) is 0 Å². The van der Waals surface area contributed by atoms with E-state index in [1.54, 1.807) is 12.1 Å². The second kappa shape index (κ2) is 5.82. The van der Waals surface area contributed by atoms with E-state index in [9.17, 15) is 4.39 Å². The molecule has 17 heavy (non-hydrogen) atoms. The summed E-state index contributed by atoms with van der Waals surface area (Å²) in [6, 6.07) is 12.6. The molecule has 0 bridgehead atoms. The zero-order valence-corrected chi connectivity index (χ0v) is 12.5. The molecule has 0 heterocycles. The SMILES string of the molecule is Fc1ccc(Br)cc1OCc1ccc(I)cc1. The maximum Gasteiger partial charge on any atom is 0.165 e. The van der Waals surface area contributed by atoms with E-state index < -0.39 is 0 Å². The molecule has 4 heteroatoms. The van der Waals surface area contributed by atoms with Crippen molar-refractivity contribution in [3.05, 3.63) is 61.9 Å². The van der Waals surface area contributed by atoms with Gasteiger partial charge in [-0.2, -0.15) is 0 Å². The molecule has 0 aromatic heterocycles. The topological polar surface area (TPSA) is 9.23 Å². The molecule has 0 radical (unpaired) electrons.